The predicted molar refractivity (Wildman–Crippen MR) is 111 cm³/mol. The second kappa shape index (κ2) is 10.2. The fourth-order valence-corrected chi connectivity index (χ4v) is 3.61. The molecular weight excluding hydrogens is 371 g/mol. The molecular formula is C23H27FN2O3. The summed E-state index contributed by atoms with van der Waals surface area (Å²) in [5.41, 5.74) is 0.752. The van der Waals surface area contributed by atoms with E-state index in [0.717, 1.165) is 32.1 Å². The Kier molecular flexibility index (Phi) is 7.36. The summed E-state index contributed by atoms with van der Waals surface area (Å²) in [5.74, 6) is -0.956. The fourth-order valence-electron chi connectivity index (χ4n) is 3.61. The second-order valence-electron chi connectivity index (χ2n) is 7.27. The van der Waals surface area contributed by atoms with Crippen LogP contribution in [-0.2, 0) is 0 Å². The van der Waals surface area contributed by atoms with E-state index >= 15 is 0 Å². The summed E-state index contributed by atoms with van der Waals surface area (Å²) in [6, 6.07) is 10.9. The number of amides is 1. The molecule has 154 valence electrons. The highest BCUT2D eigenvalue weighted by Crippen LogP contribution is 2.21. The minimum Gasteiger partial charge on any atom is -0.497 e. The molecule has 1 N–H and O–H groups in total. The van der Waals surface area contributed by atoms with Crippen LogP contribution in [0.15, 0.2) is 42.5 Å². The molecule has 5 nitrogen and oxygen atoms in total. The number of nitrogens with zero attached hydrogens (tertiary/aromatic N) is 1. The van der Waals surface area contributed by atoms with Crippen LogP contribution in [-0.4, -0.2) is 43.3 Å². The molecule has 29 heavy (non-hydrogen) atoms. The zero-order valence-electron chi connectivity index (χ0n) is 16.7. The number of ether oxygens (including phenoxy) is 1. The number of carbonyl (C=O) groups excluding carboxylic acids is 2. The van der Waals surface area contributed by atoms with Crippen molar-refractivity contribution < 1.29 is 18.7 Å². The van der Waals surface area contributed by atoms with Crippen molar-refractivity contribution in [1.82, 2.24) is 4.90 Å². The Labute approximate surface area is 170 Å². The van der Waals surface area contributed by atoms with E-state index in [0.29, 0.717) is 23.4 Å². The summed E-state index contributed by atoms with van der Waals surface area (Å²) in [4.78, 5) is 27.6. The molecule has 0 saturated carbocycles. The number of Topliss-reactive ketones (excluding diaryl/α,β-unsaturated/α-hetero) is 1. The molecule has 1 heterocycles. The Bertz CT molecular complexity index is 863. The van der Waals surface area contributed by atoms with E-state index in [9.17, 15) is 14.0 Å². The number of likely N-dealkylation sites (tertiary alicyclic amines) is 1. The van der Waals surface area contributed by atoms with Crippen LogP contribution < -0.4 is 10.1 Å². The lowest BCUT2D eigenvalue weighted by molar-refractivity contribution is 0.0974. The molecule has 1 aliphatic rings. The lowest BCUT2D eigenvalue weighted by Gasteiger charge is -2.26. The average molecular weight is 398 g/mol. The average Bonchev–Trinajstić information content (AvgIpc) is 2.74. The van der Waals surface area contributed by atoms with Gasteiger partial charge < -0.3 is 15.0 Å². The Balaban J connectivity index is 1.63. The molecule has 0 bridgehead atoms. The van der Waals surface area contributed by atoms with Gasteiger partial charge in [0, 0.05) is 18.1 Å². The van der Waals surface area contributed by atoms with Gasteiger partial charge in [0.25, 0.3) is 5.91 Å². The lowest BCUT2D eigenvalue weighted by atomic mass is 10.0. The first-order chi connectivity index (χ1) is 14.1. The van der Waals surface area contributed by atoms with Crippen LogP contribution in [0, 0.1) is 5.82 Å². The minimum absolute atomic E-state index is 0.0203. The number of hydrogen-bond acceptors (Lipinski definition) is 4. The first-order valence-electron chi connectivity index (χ1n) is 10.1. The molecule has 3 rings (SSSR count). The number of para-hydroxylation sites is 1. The van der Waals surface area contributed by atoms with Gasteiger partial charge in [0.15, 0.2) is 5.78 Å². The highest BCUT2D eigenvalue weighted by molar-refractivity contribution is 6.09. The summed E-state index contributed by atoms with van der Waals surface area (Å²) in [6.45, 7) is 3.12. The maximum absolute atomic E-state index is 14.2. The molecule has 0 aliphatic carbocycles. The van der Waals surface area contributed by atoms with Crippen molar-refractivity contribution in [3.63, 3.8) is 0 Å². The lowest BCUT2D eigenvalue weighted by Crippen LogP contribution is -2.30. The Morgan fingerprint density at radius 1 is 1.07 bits per heavy atom. The SMILES string of the molecule is COc1ccc(C(=O)Nc2ccccc2C(=O)CCCN2CCCCC2)c(F)c1. The molecule has 2 aromatic carbocycles. The monoisotopic (exact) mass is 398 g/mol. The van der Waals surface area contributed by atoms with Gasteiger partial charge in [-0.2, -0.15) is 0 Å². The minimum atomic E-state index is -0.674. The van der Waals surface area contributed by atoms with E-state index < -0.39 is 11.7 Å². The summed E-state index contributed by atoms with van der Waals surface area (Å²) in [5, 5.41) is 2.67. The predicted octanol–water partition coefficient (Wildman–Crippen LogP) is 4.54. The summed E-state index contributed by atoms with van der Waals surface area (Å²) >= 11 is 0. The third-order valence-corrected chi connectivity index (χ3v) is 5.22. The highest BCUT2D eigenvalue weighted by Gasteiger charge is 2.17. The zero-order valence-corrected chi connectivity index (χ0v) is 16.7. The number of piperidine rings is 1. The van der Waals surface area contributed by atoms with Crippen LogP contribution in [0.1, 0.15) is 52.8 Å². The third kappa shape index (κ3) is 5.64. The van der Waals surface area contributed by atoms with E-state index in [-0.39, 0.29) is 11.3 Å². The van der Waals surface area contributed by atoms with Gasteiger partial charge in [-0.15, -0.1) is 0 Å². The third-order valence-electron chi connectivity index (χ3n) is 5.22. The smallest absolute Gasteiger partial charge is 0.258 e. The van der Waals surface area contributed by atoms with Crippen molar-refractivity contribution in [2.75, 3.05) is 32.1 Å². The molecule has 6 heteroatoms. The van der Waals surface area contributed by atoms with Crippen molar-refractivity contribution in [3.8, 4) is 5.75 Å². The first-order valence-corrected chi connectivity index (χ1v) is 10.1. The maximum Gasteiger partial charge on any atom is 0.258 e. The van der Waals surface area contributed by atoms with Crippen LogP contribution in [0.5, 0.6) is 5.75 Å². The topological polar surface area (TPSA) is 58.6 Å². The van der Waals surface area contributed by atoms with E-state index in [1.165, 1.54) is 38.5 Å². The summed E-state index contributed by atoms with van der Waals surface area (Å²) < 4.78 is 19.1. The van der Waals surface area contributed by atoms with Gasteiger partial charge in [0.1, 0.15) is 11.6 Å². The van der Waals surface area contributed by atoms with Crippen molar-refractivity contribution >= 4 is 17.4 Å². The molecule has 0 aromatic heterocycles. The summed E-state index contributed by atoms with van der Waals surface area (Å²) in [7, 11) is 1.43. The molecule has 0 unspecified atom stereocenters. The van der Waals surface area contributed by atoms with Crippen molar-refractivity contribution in [1.29, 1.82) is 0 Å². The van der Waals surface area contributed by atoms with E-state index in [1.54, 1.807) is 24.3 Å². The zero-order chi connectivity index (χ0) is 20.6. The van der Waals surface area contributed by atoms with E-state index in [4.69, 9.17) is 4.74 Å². The number of benzene rings is 2. The number of nitrogens with one attached hydrogen (secondary N) is 1. The number of ketones is 1. The second-order valence-corrected chi connectivity index (χ2v) is 7.27. The molecule has 0 atom stereocenters. The van der Waals surface area contributed by atoms with Gasteiger partial charge in [0.2, 0.25) is 0 Å². The quantitative estimate of drug-likeness (QED) is 0.664. The van der Waals surface area contributed by atoms with Crippen LogP contribution in [0.25, 0.3) is 0 Å². The Hall–Kier alpha value is -2.73. The van der Waals surface area contributed by atoms with Gasteiger partial charge in [-0.3, -0.25) is 9.59 Å². The van der Waals surface area contributed by atoms with Gasteiger partial charge in [-0.25, -0.2) is 4.39 Å². The van der Waals surface area contributed by atoms with Gasteiger partial charge in [-0.1, -0.05) is 18.6 Å². The standard InChI is InChI=1S/C23H27FN2O3/c1-29-17-11-12-18(20(24)16-17)23(28)25-21-9-4-3-8-19(21)22(27)10-7-15-26-13-5-2-6-14-26/h3-4,8-9,11-12,16H,2,5-7,10,13-15H2,1H3,(H,25,28). The number of hydrogen-bond donors (Lipinski definition) is 1. The largest absolute Gasteiger partial charge is 0.497 e. The number of rotatable bonds is 8. The maximum atomic E-state index is 14.2. The number of anilines is 1. The van der Waals surface area contributed by atoms with E-state index in [2.05, 4.69) is 10.2 Å². The van der Waals surface area contributed by atoms with Gasteiger partial charge in [0.05, 0.1) is 18.4 Å². The van der Waals surface area contributed by atoms with Crippen LogP contribution in [0.2, 0.25) is 0 Å². The number of halogens is 1. The Morgan fingerprint density at radius 2 is 1.83 bits per heavy atom. The highest BCUT2D eigenvalue weighted by atomic mass is 19.1. The normalized spacial score (nSPS) is 14.4. The molecule has 1 aliphatic heterocycles. The van der Waals surface area contributed by atoms with Crippen molar-refractivity contribution in [3.05, 3.63) is 59.4 Å². The van der Waals surface area contributed by atoms with Gasteiger partial charge >= 0.3 is 0 Å². The van der Waals surface area contributed by atoms with Gasteiger partial charge in [-0.05, 0) is 63.2 Å². The first kappa shape index (κ1) is 21.0. The van der Waals surface area contributed by atoms with E-state index in [1.807, 2.05) is 0 Å². The molecule has 0 spiro atoms. The molecule has 1 fully saturated rings. The molecule has 1 amide bonds. The number of methoxy groups -OCH3 is 1. The van der Waals surface area contributed by atoms with Crippen LogP contribution in [0.4, 0.5) is 10.1 Å². The molecule has 2 aromatic rings. The van der Waals surface area contributed by atoms with Crippen molar-refractivity contribution in [2.45, 2.75) is 32.1 Å². The van der Waals surface area contributed by atoms with Crippen molar-refractivity contribution in [2.24, 2.45) is 0 Å². The number of carbonyl (C=O) groups is 2. The fraction of sp³-hybridized carbons (Fsp3) is 0.391. The molecule has 1 saturated heterocycles. The summed E-state index contributed by atoms with van der Waals surface area (Å²) in [6.07, 6.45) is 4.95. The Morgan fingerprint density at radius 3 is 2.55 bits per heavy atom. The molecule has 0 radical (unpaired) electrons. The van der Waals surface area contributed by atoms with Crippen LogP contribution >= 0.6 is 0 Å². The van der Waals surface area contributed by atoms with Crippen LogP contribution in [0.3, 0.4) is 0 Å².